The van der Waals surface area contributed by atoms with Gasteiger partial charge in [0.1, 0.15) is 37.9 Å². The number of esters is 2. The molecule has 0 amide bonds. The van der Waals surface area contributed by atoms with Gasteiger partial charge in [-0.1, -0.05) is 128 Å². The second-order valence-electron chi connectivity index (χ2n) is 14.8. The zero-order chi connectivity index (χ0) is 41.1. The van der Waals surface area contributed by atoms with Gasteiger partial charge in [0, 0.05) is 12.8 Å². The van der Waals surface area contributed by atoms with Gasteiger partial charge in [-0.25, -0.2) is 8.42 Å². The monoisotopic (exact) mass is 811 g/mol. The first-order chi connectivity index (χ1) is 27.9. The molecular formula is C48H74O8S. The molecule has 0 aromatic heterocycles. The molecule has 0 spiro atoms. The Morgan fingerprint density at radius 3 is 1.11 bits per heavy atom. The normalized spacial score (nSPS) is 11.7. The molecule has 0 bridgehead atoms. The van der Waals surface area contributed by atoms with Gasteiger partial charge in [-0.15, -0.1) is 0 Å². The van der Waals surface area contributed by atoms with Gasteiger partial charge in [-0.2, -0.15) is 0 Å². The van der Waals surface area contributed by atoms with Crippen LogP contribution < -0.4 is 9.47 Å². The van der Waals surface area contributed by atoms with Crippen molar-refractivity contribution in [1.29, 1.82) is 0 Å². The maximum absolute atomic E-state index is 13.2. The number of allylic oxidation sites excluding steroid dienone is 4. The third-order valence-corrected chi connectivity index (χ3v) is 11.6. The van der Waals surface area contributed by atoms with Gasteiger partial charge in [0.05, 0.1) is 9.79 Å². The van der Waals surface area contributed by atoms with Gasteiger partial charge < -0.3 is 18.9 Å². The summed E-state index contributed by atoms with van der Waals surface area (Å²) in [6.07, 6.45) is 36.1. The zero-order valence-corrected chi connectivity index (χ0v) is 36.2. The molecule has 2 aromatic carbocycles. The first-order valence-electron chi connectivity index (χ1n) is 22.2. The third-order valence-electron chi connectivity index (χ3n) is 9.78. The van der Waals surface area contributed by atoms with E-state index >= 15 is 0 Å². The van der Waals surface area contributed by atoms with E-state index in [0.717, 1.165) is 38.5 Å². The lowest BCUT2D eigenvalue weighted by Gasteiger charge is -2.10. The molecule has 0 saturated carbocycles. The summed E-state index contributed by atoms with van der Waals surface area (Å²) in [5, 5.41) is 0. The highest BCUT2D eigenvalue weighted by atomic mass is 32.2. The van der Waals surface area contributed by atoms with Crippen molar-refractivity contribution in [2.45, 2.75) is 178 Å². The van der Waals surface area contributed by atoms with E-state index in [4.69, 9.17) is 18.9 Å². The summed E-state index contributed by atoms with van der Waals surface area (Å²) in [4.78, 5) is 24.4. The van der Waals surface area contributed by atoms with Crippen molar-refractivity contribution in [2.75, 3.05) is 26.4 Å². The van der Waals surface area contributed by atoms with Crippen LogP contribution in [-0.2, 0) is 28.9 Å². The van der Waals surface area contributed by atoms with E-state index in [2.05, 4.69) is 38.2 Å². The Hall–Kier alpha value is -3.59. The van der Waals surface area contributed by atoms with Crippen LogP contribution in [-0.4, -0.2) is 46.8 Å². The Balaban J connectivity index is 1.53. The highest BCUT2D eigenvalue weighted by Crippen LogP contribution is 2.25. The summed E-state index contributed by atoms with van der Waals surface area (Å²) < 4.78 is 48.3. The third kappa shape index (κ3) is 25.4. The van der Waals surface area contributed by atoms with Crippen LogP contribution in [0.2, 0.25) is 0 Å². The van der Waals surface area contributed by atoms with Gasteiger partial charge in [0.25, 0.3) is 0 Å². The summed E-state index contributed by atoms with van der Waals surface area (Å²) >= 11 is 0. The van der Waals surface area contributed by atoms with Gasteiger partial charge >= 0.3 is 11.9 Å². The van der Waals surface area contributed by atoms with Crippen LogP contribution in [0, 0.1) is 0 Å². The number of hydrogen-bond acceptors (Lipinski definition) is 8. The summed E-state index contributed by atoms with van der Waals surface area (Å²) in [5.41, 5.74) is 0. The van der Waals surface area contributed by atoms with Gasteiger partial charge in [-0.05, 0) is 99.9 Å². The molecule has 320 valence electrons. The van der Waals surface area contributed by atoms with Crippen LogP contribution in [0.4, 0.5) is 0 Å². The maximum atomic E-state index is 13.2. The second-order valence-corrected chi connectivity index (χ2v) is 16.8. The Kier molecular flexibility index (Phi) is 29.0. The molecule has 0 atom stereocenters. The number of benzene rings is 2. The number of hydrogen-bond donors (Lipinski definition) is 0. The van der Waals surface area contributed by atoms with Crippen molar-refractivity contribution in [2.24, 2.45) is 0 Å². The fourth-order valence-corrected chi connectivity index (χ4v) is 7.59. The molecule has 0 aliphatic carbocycles. The summed E-state index contributed by atoms with van der Waals surface area (Å²) in [7, 11) is -3.75. The molecule has 9 heteroatoms. The van der Waals surface area contributed by atoms with E-state index in [1.54, 1.807) is 24.3 Å². The number of unbranched alkanes of at least 4 members (excludes halogenated alkanes) is 18. The van der Waals surface area contributed by atoms with Crippen LogP contribution in [0.5, 0.6) is 11.5 Å². The summed E-state index contributed by atoms with van der Waals surface area (Å²) in [5.74, 6) is 0.476. The van der Waals surface area contributed by atoms with E-state index in [1.165, 1.54) is 127 Å². The van der Waals surface area contributed by atoms with Crippen LogP contribution in [0.25, 0.3) is 0 Å². The molecule has 0 saturated heterocycles. The quantitative estimate of drug-likeness (QED) is 0.0381. The lowest BCUT2D eigenvalue weighted by Crippen LogP contribution is -2.12. The molecule has 57 heavy (non-hydrogen) atoms. The first kappa shape index (κ1) is 49.6. The predicted octanol–water partition coefficient (Wildman–Crippen LogP) is 12.9. The minimum atomic E-state index is -3.75. The molecule has 0 aliphatic heterocycles. The van der Waals surface area contributed by atoms with Gasteiger partial charge in [0.15, 0.2) is 0 Å². The smallest absolute Gasteiger partial charge is 0.305 e. The van der Waals surface area contributed by atoms with E-state index in [1.807, 2.05) is 0 Å². The van der Waals surface area contributed by atoms with Crippen molar-refractivity contribution in [3.63, 3.8) is 0 Å². The van der Waals surface area contributed by atoms with Crippen molar-refractivity contribution in [3.8, 4) is 11.5 Å². The number of sulfone groups is 1. The Labute approximate surface area is 346 Å². The number of ether oxygens (including phenoxy) is 4. The Morgan fingerprint density at radius 1 is 0.439 bits per heavy atom. The number of carbonyl (C=O) groups is 2. The fourth-order valence-electron chi connectivity index (χ4n) is 6.33. The minimum Gasteiger partial charge on any atom is -0.490 e. The van der Waals surface area contributed by atoms with Crippen LogP contribution in [0.3, 0.4) is 0 Å². The van der Waals surface area contributed by atoms with Crippen LogP contribution >= 0.6 is 0 Å². The first-order valence-corrected chi connectivity index (χ1v) is 23.7. The van der Waals surface area contributed by atoms with Crippen molar-refractivity contribution in [1.82, 2.24) is 0 Å². The predicted molar refractivity (Wildman–Crippen MR) is 232 cm³/mol. The molecule has 0 unspecified atom stereocenters. The van der Waals surface area contributed by atoms with E-state index in [0.29, 0.717) is 24.3 Å². The van der Waals surface area contributed by atoms with Crippen LogP contribution in [0.15, 0.2) is 82.6 Å². The Morgan fingerprint density at radius 2 is 0.754 bits per heavy atom. The molecule has 8 nitrogen and oxygen atoms in total. The summed E-state index contributed by atoms with van der Waals surface area (Å²) in [6.45, 7) is 5.10. The lowest BCUT2D eigenvalue weighted by molar-refractivity contribution is -0.145. The molecule has 2 rings (SSSR count). The fraction of sp³-hybridized carbons (Fsp3) is 0.625. The molecule has 0 fully saturated rings. The van der Waals surface area contributed by atoms with Crippen molar-refractivity contribution in [3.05, 3.63) is 72.8 Å². The van der Waals surface area contributed by atoms with Gasteiger partial charge in [-0.3, -0.25) is 9.59 Å². The highest BCUT2D eigenvalue weighted by Gasteiger charge is 2.18. The SMILES string of the molecule is CCCCCCCCCC/C=C/CCCC(=O)OCCOc1ccc(S(=O)(=O)c2ccc(OCCOC(=O)CCC/C=C/CCCCCCCCCC)cc2)cc1. The molecule has 2 aromatic rings. The average Bonchev–Trinajstić information content (AvgIpc) is 3.22. The topological polar surface area (TPSA) is 105 Å². The number of carbonyl (C=O) groups excluding carboxylic acids is 2. The zero-order valence-electron chi connectivity index (χ0n) is 35.4. The maximum Gasteiger partial charge on any atom is 0.305 e. The van der Waals surface area contributed by atoms with Crippen LogP contribution in [0.1, 0.15) is 168 Å². The van der Waals surface area contributed by atoms with E-state index in [9.17, 15) is 18.0 Å². The molecule has 0 radical (unpaired) electrons. The Bertz CT molecular complexity index is 1360. The average molecular weight is 811 g/mol. The molecular weight excluding hydrogens is 737 g/mol. The van der Waals surface area contributed by atoms with Crippen molar-refractivity contribution < 1.29 is 37.0 Å². The number of rotatable bonds is 36. The summed E-state index contributed by atoms with van der Waals surface area (Å²) in [6, 6.07) is 12.3. The molecule has 0 aliphatic rings. The largest absolute Gasteiger partial charge is 0.490 e. The molecule has 0 heterocycles. The van der Waals surface area contributed by atoms with E-state index in [-0.39, 0.29) is 48.2 Å². The van der Waals surface area contributed by atoms with Crippen molar-refractivity contribution >= 4 is 21.8 Å². The second kappa shape index (κ2) is 33.4. The van der Waals surface area contributed by atoms with Gasteiger partial charge in [0.2, 0.25) is 9.84 Å². The molecule has 0 N–H and O–H groups in total. The standard InChI is InChI=1S/C48H74O8S/c1-3-5-7-9-11-13-15-17-19-21-23-25-27-29-47(49)55-41-39-53-43-31-35-45(36-32-43)57(51,52)46-37-33-44(34-38-46)54-40-42-56-48(50)30-28-26-24-22-20-18-16-14-12-10-8-6-4-2/h21-24,31-38H,3-20,25-30,39-42H2,1-2H3/b23-21+,24-22+. The minimum absolute atomic E-state index is 0.126. The lowest BCUT2D eigenvalue weighted by atomic mass is 10.1. The highest BCUT2D eigenvalue weighted by molar-refractivity contribution is 7.91. The van der Waals surface area contributed by atoms with E-state index < -0.39 is 9.84 Å².